The Morgan fingerprint density at radius 3 is 2.71 bits per heavy atom. The van der Waals surface area contributed by atoms with E-state index in [4.69, 9.17) is 25.8 Å². The number of hydrogen-bond acceptors (Lipinski definition) is 5. The number of benzene rings is 2. The highest BCUT2D eigenvalue weighted by Gasteiger charge is 2.15. The predicted molar refractivity (Wildman–Crippen MR) is 92.3 cm³/mol. The molecule has 2 N–H and O–H groups in total. The van der Waals surface area contributed by atoms with Gasteiger partial charge in [-0.1, -0.05) is 17.7 Å². The summed E-state index contributed by atoms with van der Waals surface area (Å²) in [6.45, 7) is 2.49. The molecule has 1 heterocycles. The number of phenolic OH excluding ortho intramolecular Hbond substituents is 1. The molecule has 0 saturated heterocycles. The van der Waals surface area contributed by atoms with Gasteiger partial charge in [0.05, 0.1) is 25.3 Å². The average Bonchev–Trinajstić information content (AvgIpc) is 2.81. The molecule has 5 nitrogen and oxygen atoms in total. The molecule has 3 rings (SSSR count). The fourth-order valence-corrected chi connectivity index (χ4v) is 2.87. The number of aromatic hydroxyl groups is 1. The Morgan fingerprint density at radius 1 is 1.12 bits per heavy atom. The van der Waals surface area contributed by atoms with Crippen LogP contribution in [0.25, 0.3) is 0 Å². The highest BCUT2D eigenvalue weighted by molar-refractivity contribution is 6.32. The van der Waals surface area contributed by atoms with Crippen LogP contribution in [0.5, 0.6) is 23.0 Å². The number of methoxy groups -OCH3 is 1. The summed E-state index contributed by atoms with van der Waals surface area (Å²) in [7, 11) is 1.53. The molecule has 0 unspecified atom stereocenters. The van der Waals surface area contributed by atoms with Gasteiger partial charge in [-0.25, -0.2) is 0 Å². The third kappa shape index (κ3) is 3.86. The number of nitrogens with one attached hydrogen (secondary N) is 1. The molecule has 0 saturated carbocycles. The lowest BCUT2D eigenvalue weighted by Crippen LogP contribution is -2.13. The summed E-state index contributed by atoms with van der Waals surface area (Å²) in [6.07, 6.45) is 0.847. The van der Waals surface area contributed by atoms with Gasteiger partial charge in [-0.3, -0.25) is 0 Å². The van der Waals surface area contributed by atoms with Crippen molar-refractivity contribution in [3.63, 3.8) is 0 Å². The van der Waals surface area contributed by atoms with Gasteiger partial charge in [-0.05, 0) is 35.4 Å². The lowest BCUT2D eigenvalue weighted by Gasteiger charge is -2.12. The molecule has 0 aliphatic carbocycles. The zero-order valence-electron chi connectivity index (χ0n) is 13.5. The summed E-state index contributed by atoms with van der Waals surface area (Å²) in [5.41, 5.74) is 1.98. The number of rotatable bonds is 5. The van der Waals surface area contributed by atoms with E-state index in [-0.39, 0.29) is 5.75 Å². The third-order valence-electron chi connectivity index (χ3n) is 3.76. The summed E-state index contributed by atoms with van der Waals surface area (Å²) in [6, 6.07) is 9.18. The standard InChI is InChI=1S/C18H20ClNO4/c1-22-16-4-3-12(8-15(16)21)10-20-11-13-7-14(19)18-17(9-13)23-5-2-6-24-18/h3-4,7-9,20-21H,2,5-6,10-11H2,1H3. The lowest BCUT2D eigenvalue weighted by molar-refractivity contribution is 0.297. The maximum atomic E-state index is 9.80. The number of ether oxygens (including phenoxy) is 3. The van der Waals surface area contributed by atoms with E-state index in [9.17, 15) is 5.11 Å². The highest BCUT2D eigenvalue weighted by Crippen LogP contribution is 2.38. The second-order valence-corrected chi connectivity index (χ2v) is 5.97. The van der Waals surface area contributed by atoms with E-state index in [1.165, 1.54) is 7.11 Å². The van der Waals surface area contributed by atoms with Crippen LogP contribution in [-0.2, 0) is 13.1 Å². The normalized spacial score (nSPS) is 13.4. The fourth-order valence-electron chi connectivity index (χ4n) is 2.58. The number of halogens is 1. The van der Waals surface area contributed by atoms with Gasteiger partial charge in [0, 0.05) is 19.5 Å². The Labute approximate surface area is 146 Å². The van der Waals surface area contributed by atoms with E-state index in [0.717, 1.165) is 17.5 Å². The third-order valence-corrected chi connectivity index (χ3v) is 4.04. The molecule has 0 radical (unpaired) electrons. The van der Waals surface area contributed by atoms with Crippen molar-refractivity contribution in [2.75, 3.05) is 20.3 Å². The summed E-state index contributed by atoms with van der Waals surface area (Å²) >= 11 is 6.29. The van der Waals surface area contributed by atoms with E-state index in [2.05, 4.69) is 5.32 Å². The fraction of sp³-hybridized carbons (Fsp3) is 0.333. The van der Waals surface area contributed by atoms with Crippen LogP contribution < -0.4 is 19.5 Å². The van der Waals surface area contributed by atoms with Crippen LogP contribution in [-0.4, -0.2) is 25.4 Å². The van der Waals surface area contributed by atoms with Crippen LogP contribution in [0.1, 0.15) is 17.5 Å². The zero-order chi connectivity index (χ0) is 16.9. The molecule has 0 fully saturated rings. The first-order valence-corrected chi connectivity index (χ1v) is 8.20. The molecule has 0 aromatic heterocycles. The first-order valence-electron chi connectivity index (χ1n) is 7.82. The summed E-state index contributed by atoms with van der Waals surface area (Å²) in [5, 5.41) is 13.7. The Kier molecular flexibility index (Phi) is 5.33. The van der Waals surface area contributed by atoms with Gasteiger partial charge in [0.25, 0.3) is 0 Å². The predicted octanol–water partition coefficient (Wildman–Crippen LogP) is 3.51. The Bertz CT molecular complexity index is 720. The molecule has 0 atom stereocenters. The van der Waals surface area contributed by atoms with Crippen LogP contribution in [0.2, 0.25) is 5.02 Å². The van der Waals surface area contributed by atoms with Crippen molar-refractivity contribution in [3.05, 3.63) is 46.5 Å². The summed E-state index contributed by atoms with van der Waals surface area (Å²) < 4.78 is 16.4. The maximum absolute atomic E-state index is 9.80. The maximum Gasteiger partial charge on any atom is 0.179 e. The zero-order valence-corrected chi connectivity index (χ0v) is 14.2. The average molecular weight is 350 g/mol. The van der Waals surface area contributed by atoms with Gasteiger partial charge >= 0.3 is 0 Å². The van der Waals surface area contributed by atoms with E-state index in [0.29, 0.717) is 48.6 Å². The Balaban J connectivity index is 1.63. The molecule has 1 aliphatic heterocycles. The van der Waals surface area contributed by atoms with Crippen molar-refractivity contribution in [1.82, 2.24) is 5.32 Å². The number of phenols is 1. The number of fused-ring (bicyclic) bond motifs is 1. The second kappa shape index (κ2) is 7.64. The number of hydrogen-bond donors (Lipinski definition) is 2. The largest absolute Gasteiger partial charge is 0.504 e. The van der Waals surface area contributed by atoms with Gasteiger partial charge in [0.2, 0.25) is 0 Å². The van der Waals surface area contributed by atoms with E-state index >= 15 is 0 Å². The highest BCUT2D eigenvalue weighted by atomic mass is 35.5. The smallest absolute Gasteiger partial charge is 0.179 e. The van der Waals surface area contributed by atoms with Crippen LogP contribution in [0.3, 0.4) is 0 Å². The molecule has 6 heteroatoms. The first kappa shape index (κ1) is 16.7. The van der Waals surface area contributed by atoms with Crippen LogP contribution in [0, 0.1) is 0 Å². The summed E-state index contributed by atoms with van der Waals surface area (Å²) in [5.74, 6) is 1.92. The molecule has 2 aromatic carbocycles. The minimum Gasteiger partial charge on any atom is -0.504 e. The van der Waals surface area contributed by atoms with Gasteiger partial charge < -0.3 is 24.6 Å². The van der Waals surface area contributed by atoms with Crippen LogP contribution in [0.15, 0.2) is 30.3 Å². The van der Waals surface area contributed by atoms with Crippen molar-refractivity contribution in [1.29, 1.82) is 0 Å². The van der Waals surface area contributed by atoms with Gasteiger partial charge in [0.1, 0.15) is 0 Å². The van der Waals surface area contributed by atoms with Crippen molar-refractivity contribution < 1.29 is 19.3 Å². The van der Waals surface area contributed by atoms with Gasteiger partial charge in [0.15, 0.2) is 23.0 Å². The van der Waals surface area contributed by atoms with Crippen LogP contribution >= 0.6 is 11.6 Å². The van der Waals surface area contributed by atoms with Gasteiger partial charge in [-0.2, -0.15) is 0 Å². The van der Waals surface area contributed by atoms with Crippen LogP contribution in [0.4, 0.5) is 0 Å². The molecule has 2 aromatic rings. The van der Waals surface area contributed by atoms with E-state index in [1.807, 2.05) is 18.2 Å². The molecular weight excluding hydrogens is 330 g/mol. The molecular formula is C18H20ClNO4. The molecule has 24 heavy (non-hydrogen) atoms. The van der Waals surface area contributed by atoms with E-state index < -0.39 is 0 Å². The quantitative estimate of drug-likeness (QED) is 0.865. The monoisotopic (exact) mass is 349 g/mol. The molecule has 0 amide bonds. The van der Waals surface area contributed by atoms with E-state index in [1.54, 1.807) is 12.1 Å². The van der Waals surface area contributed by atoms with Crippen molar-refractivity contribution in [2.24, 2.45) is 0 Å². The molecule has 0 spiro atoms. The SMILES string of the molecule is COc1ccc(CNCc2cc(Cl)c3c(c2)OCCCO3)cc1O. The molecule has 0 bridgehead atoms. The summed E-state index contributed by atoms with van der Waals surface area (Å²) in [4.78, 5) is 0. The van der Waals surface area contributed by atoms with Crippen molar-refractivity contribution in [2.45, 2.75) is 19.5 Å². The minimum atomic E-state index is 0.135. The van der Waals surface area contributed by atoms with Gasteiger partial charge in [-0.15, -0.1) is 0 Å². The Morgan fingerprint density at radius 2 is 1.92 bits per heavy atom. The molecule has 1 aliphatic rings. The topological polar surface area (TPSA) is 60.0 Å². The minimum absolute atomic E-state index is 0.135. The molecule has 128 valence electrons. The van der Waals surface area contributed by atoms with Crippen molar-refractivity contribution >= 4 is 11.6 Å². The second-order valence-electron chi connectivity index (χ2n) is 5.57. The Hall–Kier alpha value is -2.11. The lowest BCUT2D eigenvalue weighted by atomic mass is 10.1. The first-order chi connectivity index (χ1) is 11.7. The van der Waals surface area contributed by atoms with Crippen molar-refractivity contribution in [3.8, 4) is 23.0 Å².